The van der Waals surface area contributed by atoms with E-state index in [4.69, 9.17) is 9.72 Å². The molecule has 3 aliphatic heterocycles. The van der Waals surface area contributed by atoms with Gasteiger partial charge in [0.05, 0.1) is 29.5 Å². The lowest BCUT2D eigenvalue weighted by Crippen LogP contribution is -2.70. The van der Waals surface area contributed by atoms with Crippen molar-refractivity contribution in [2.45, 2.75) is 44.9 Å². The average Bonchev–Trinajstić information content (AvgIpc) is 3.11. The van der Waals surface area contributed by atoms with Gasteiger partial charge in [0, 0.05) is 24.8 Å². The van der Waals surface area contributed by atoms with Crippen LogP contribution in [0.1, 0.15) is 27.2 Å². The van der Waals surface area contributed by atoms with Crippen LogP contribution in [0.3, 0.4) is 0 Å². The fourth-order valence-corrected chi connectivity index (χ4v) is 4.29. The van der Waals surface area contributed by atoms with Crippen molar-refractivity contribution in [1.29, 1.82) is 0 Å². The average molecular weight is 391 g/mol. The molecule has 29 heavy (non-hydrogen) atoms. The van der Waals surface area contributed by atoms with Gasteiger partial charge in [-0.15, -0.1) is 0 Å². The molecule has 6 rings (SSSR count). The molecule has 3 aromatic rings. The van der Waals surface area contributed by atoms with Crippen LogP contribution >= 0.6 is 0 Å². The Morgan fingerprint density at radius 2 is 1.90 bits per heavy atom. The van der Waals surface area contributed by atoms with Crippen molar-refractivity contribution >= 4 is 17.4 Å². The molecule has 0 aromatic carbocycles. The monoisotopic (exact) mass is 391 g/mol. The predicted octanol–water partition coefficient (Wildman–Crippen LogP) is 3.59. The van der Waals surface area contributed by atoms with Crippen LogP contribution in [0.2, 0.25) is 0 Å². The van der Waals surface area contributed by atoms with Crippen LogP contribution < -0.4 is 4.90 Å². The van der Waals surface area contributed by atoms with Crippen molar-refractivity contribution in [3.05, 3.63) is 48.8 Å². The molecular weight excluding hydrogens is 366 g/mol. The molecule has 3 fully saturated rings. The second-order valence-electron chi connectivity index (χ2n) is 8.81. The van der Waals surface area contributed by atoms with E-state index >= 15 is 0 Å². The van der Waals surface area contributed by atoms with Gasteiger partial charge in [-0.2, -0.15) is 5.10 Å². The fraction of sp³-hybridized carbons (Fsp3) is 0.409. The maximum absolute atomic E-state index is 12.5. The van der Waals surface area contributed by atoms with Crippen molar-refractivity contribution in [1.82, 2.24) is 19.5 Å². The zero-order valence-electron chi connectivity index (χ0n) is 16.9. The van der Waals surface area contributed by atoms with E-state index in [1.807, 2.05) is 79.0 Å². The van der Waals surface area contributed by atoms with Crippen molar-refractivity contribution in [3.8, 4) is 11.3 Å². The quantitative estimate of drug-likeness (QED) is 0.668. The third kappa shape index (κ3) is 3.20. The number of carbonyl (C=O) groups excluding carboxylic acids is 1. The van der Waals surface area contributed by atoms with E-state index in [9.17, 15) is 4.79 Å². The van der Waals surface area contributed by atoms with Crippen molar-refractivity contribution in [3.63, 3.8) is 0 Å². The highest BCUT2D eigenvalue weighted by Crippen LogP contribution is 2.36. The number of fused-ring (bicyclic) bond motifs is 3. The molecule has 1 amide bonds. The molecular formula is C22H25N5O2. The third-order valence-electron chi connectivity index (χ3n) is 5.56. The Kier molecular flexibility index (Phi) is 4.01. The minimum Gasteiger partial charge on any atom is -0.444 e. The summed E-state index contributed by atoms with van der Waals surface area (Å²) in [4.78, 5) is 21.6. The molecule has 150 valence electrons. The van der Waals surface area contributed by atoms with Gasteiger partial charge in [-0.3, -0.25) is 4.90 Å². The van der Waals surface area contributed by atoms with Crippen LogP contribution in [0.25, 0.3) is 16.8 Å². The first kappa shape index (κ1) is 18.0. The molecule has 3 aromatic heterocycles. The summed E-state index contributed by atoms with van der Waals surface area (Å²) in [5, 5.41) is 4.42. The summed E-state index contributed by atoms with van der Waals surface area (Å²) in [5.41, 5.74) is 2.50. The summed E-state index contributed by atoms with van der Waals surface area (Å²) in [5.74, 6) is 0.941. The summed E-state index contributed by atoms with van der Waals surface area (Å²) in [6.45, 7) is 7.27. The molecule has 2 atom stereocenters. The lowest BCUT2D eigenvalue weighted by atomic mass is 9.88. The van der Waals surface area contributed by atoms with Crippen LogP contribution in [-0.2, 0) is 4.74 Å². The topological polar surface area (TPSA) is 63.0 Å². The van der Waals surface area contributed by atoms with Crippen LogP contribution in [-0.4, -0.2) is 56.4 Å². The smallest absolute Gasteiger partial charge is 0.410 e. The number of aromatic nitrogens is 3. The van der Waals surface area contributed by atoms with E-state index in [1.165, 1.54) is 0 Å². The normalized spacial score (nSPS) is 21.2. The molecule has 3 saturated heterocycles. The maximum Gasteiger partial charge on any atom is 0.410 e. The summed E-state index contributed by atoms with van der Waals surface area (Å²) in [7, 11) is 0. The molecule has 7 heteroatoms. The Balaban J connectivity index is 1.35. The number of carbonyl (C=O) groups is 1. The number of anilines is 1. The largest absolute Gasteiger partial charge is 0.444 e. The molecule has 6 heterocycles. The van der Waals surface area contributed by atoms with E-state index < -0.39 is 5.60 Å². The van der Waals surface area contributed by atoms with Gasteiger partial charge in [-0.05, 0) is 51.5 Å². The second kappa shape index (κ2) is 6.47. The molecule has 0 aliphatic carbocycles. The van der Waals surface area contributed by atoms with Crippen LogP contribution in [0.15, 0.2) is 48.8 Å². The summed E-state index contributed by atoms with van der Waals surface area (Å²) in [6, 6.07) is 12.5. The number of nitrogens with zero attached hydrogens (tertiary/aromatic N) is 5. The van der Waals surface area contributed by atoms with E-state index in [0.717, 1.165) is 42.1 Å². The van der Waals surface area contributed by atoms with Gasteiger partial charge in [0.15, 0.2) is 0 Å². The number of hydrogen-bond acceptors (Lipinski definition) is 5. The molecule has 0 N–H and O–H groups in total. The van der Waals surface area contributed by atoms with Gasteiger partial charge in [0.25, 0.3) is 0 Å². The van der Waals surface area contributed by atoms with Crippen molar-refractivity contribution in [2.75, 3.05) is 18.0 Å². The van der Waals surface area contributed by atoms with Gasteiger partial charge in [-0.1, -0.05) is 12.1 Å². The Morgan fingerprint density at radius 3 is 2.66 bits per heavy atom. The van der Waals surface area contributed by atoms with E-state index in [0.29, 0.717) is 0 Å². The first-order valence-electron chi connectivity index (χ1n) is 10.1. The van der Waals surface area contributed by atoms with E-state index in [-0.39, 0.29) is 18.2 Å². The summed E-state index contributed by atoms with van der Waals surface area (Å²) >= 11 is 0. The SMILES string of the molecule is CC(C)(C)OC(=O)N1C2CC1CN(c1cccc(-c3cnn4ccccc34)n1)C2. The Hall–Kier alpha value is -3.09. The first-order chi connectivity index (χ1) is 13.9. The maximum atomic E-state index is 12.5. The first-order valence-corrected chi connectivity index (χ1v) is 10.1. The number of hydrogen-bond donors (Lipinski definition) is 0. The van der Waals surface area contributed by atoms with Crippen molar-refractivity contribution < 1.29 is 9.53 Å². The van der Waals surface area contributed by atoms with Gasteiger partial charge in [0.2, 0.25) is 0 Å². The summed E-state index contributed by atoms with van der Waals surface area (Å²) in [6.07, 6.45) is 4.63. The number of ether oxygens (including phenoxy) is 1. The number of amides is 1. The number of piperidine rings is 1. The van der Waals surface area contributed by atoms with Gasteiger partial charge < -0.3 is 9.64 Å². The van der Waals surface area contributed by atoms with Crippen LogP contribution in [0, 0.1) is 0 Å². The predicted molar refractivity (Wildman–Crippen MR) is 111 cm³/mol. The minimum absolute atomic E-state index is 0.186. The Morgan fingerprint density at radius 1 is 1.10 bits per heavy atom. The fourth-order valence-electron chi connectivity index (χ4n) is 4.29. The number of pyridine rings is 2. The van der Waals surface area contributed by atoms with E-state index in [2.05, 4.69) is 10.00 Å². The molecule has 0 spiro atoms. The zero-order valence-corrected chi connectivity index (χ0v) is 16.9. The van der Waals surface area contributed by atoms with Gasteiger partial charge in [0.1, 0.15) is 11.4 Å². The molecule has 0 radical (unpaired) electrons. The van der Waals surface area contributed by atoms with Crippen LogP contribution in [0.4, 0.5) is 10.6 Å². The lowest BCUT2D eigenvalue weighted by molar-refractivity contribution is -0.0380. The highest BCUT2D eigenvalue weighted by molar-refractivity contribution is 5.78. The van der Waals surface area contributed by atoms with Gasteiger partial charge >= 0.3 is 6.09 Å². The highest BCUT2D eigenvalue weighted by atomic mass is 16.6. The van der Waals surface area contributed by atoms with Crippen LogP contribution in [0.5, 0.6) is 0 Å². The highest BCUT2D eigenvalue weighted by Gasteiger charge is 2.49. The minimum atomic E-state index is -0.467. The summed E-state index contributed by atoms with van der Waals surface area (Å²) < 4.78 is 7.43. The molecule has 0 saturated carbocycles. The van der Waals surface area contributed by atoms with Crippen molar-refractivity contribution in [2.24, 2.45) is 0 Å². The number of rotatable bonds is 2. The number of piperazine rings is 1. The Bertz CT molecular complexity index is 1060. The lowest BCUT2D eigenvalue weighted by Gasteiger charge is -2.56. The molecule has 2 unspecified atom stereocenters. The molecule has 7 nitrogen and oxygen atoms in total. The molecule has 2 bridgehead atoms. The second-order valence-corrected chi connectivity index (χ2v) is 8.81. The zero-order chi connectivity index (χ0) is 20.2. The standard InChI is InChI=1S/C22H25N5O2/c1-22(2,3)29-21(28)27-15-11-16(27)14-25(13-15)20-9-6-7-18(24-20)17-12-23-26-10-5-4-8-19(17)26/h4-10,12,15-16H,11,13-14H2,1-3H3. The molecule has 3 aliphatic rings. The van der Waals surface area contributed by atoms with Gasteiger partial charge in [-0.25, -0.2) is 14.3 Å². The third-order valence-corrected chi connectivity index (χ3v) is 5.56. The van der Waals surface area contributed by atoms with E-state index in [1.54, 1.807) is 0 Å². The Labute approximate surface area is 169 Å².